The molecule has 0 bridgehead atoms. The molecule has 0 spiro atoms. The number of nitrogens with one attached hydrogen (secondary N) is 1. The van der Waals surface area contributed by atoms with E-state index in [1.807, 2.05) is 30.3 Å². The summed E-state index contributed by atoms with van der Waals surface area (Å²) in [4.78, 5) is 0. The number of hydrogen-bond donors (Lipinski definition) is 2. The minimum atomic E-state index is 0.135. The molecule has 0 saturated heterocycles. The average molecular weight is 290 g/mol. The number of phenolic OH excluding ortho intramolecular Hbond substituents is 1. The summed E-state index contributed by atoms with van der Waals surface area (Å²) < 4.78 is 5.60. The molecule has 2 atom stereocenters. The van der Waals surface area contributed by atoms with Gasteiger partial charge in [0.1, 0.15) is 18.1 Å². The van der Waals surface area contributed by atoms with E-state index >= 15 is 0 Å². The fourth-order valence-electron chi connectivity index (χ4n) is 2.49. The van der Waals surface area contributed by atoms with Crippen LogP contribution in [-0.2, 0) is 0 Å². The molecule has 104 valence electrons. The number of ether oxygens (including phenoxy) is 1. The second-order valence-electron chi connectivity index (χ2n) is 5.03. The number of rotatable bonds is 3. The summed E-state index contributed by atoms with van der Waals surface area (Å²) >= 11 is 5.90. The average Bonchev–Trinajstić information content (AvgIpc) is 2.81. The van der Waals surface area contributed by atoms with Gasteiger partial charge in [-0.05, 0) is 36.8 Å². The molecule has 2 aromatic carbocycles. The summed E-state index contributed by atoms with van der Waals surface area (Å²) in [6.45, 7) is 2.69. The molecule has 0 amide bonds. The second-order valence-corrected chi connectivity index (χ2v) is 5.46. The van der Waals surface area contributed by atoms with E-state index in [1.165, 1.54) is 5.56 Å². The minimum absolute atomic E-state index is 0.135. The predicted molar refractivity (Wildman–Crippen MR) is 79.3 cm³/mol. The number of benzene rings is 2. The van der Waals surface area contributed by atoms with Gasteiger partial charge in [0.05, 0.1) is 6.04 Å². The van der Waals surface area contributed by atoms with Gasteiger partial charge in [0.25, 0.3) is 0 Å². The molecule has 3 nitrogen and oxygen atoms in total. The SMILES string of the molecule is C[C@H](NC1COc2cc(O)ccc21)c1ccc(Cl)cc1. The molecular weight excluding hydrogens is 274 g/mol. The third-order valence-corrected chi connectivity index (χ3v) is 3.85. The maximum Gasteiger partial charge on any atom is 0.127 e. The third kappa shape index (κ3) is 2.60. The lowest BCUT2D eigenvalue weighted by molar-refractivity contribution is 0.300. The summed E-state index contributed by atoms with van der Waals surface area (Å²) in [7, 11) is 0. The van der Waals surface area contributed by atoms with Crippen LogP contribution in [0.5, 0.6) is 11.5 Å². The zero-order valence-corrected chi connectivity index (χ0v) is 11.9. The molecule has 0 aromatic heterocycles. The molecule has 1 aliphatic heterocycles. The van der Waals surface area contributed by atoms with Gasteiger partial charge < -0.3 is 15.2 Å². The van der Waals surface area contributed by atoms with Gasteiger partial charge in [-0.3, -0.25) is 0 Å². The smallest absolute Gasteiger partial charge is 0.127 e. The largest absolute Gasteiger partial charge is 0.508 e. The third-order valence-electron chi connectivity index (χ3n) is 3.60. The first-order valence-corrected chi connectivity index (χ1v) is 6.98. The Hall–Kier alpha value is -1.71. The monoisotopic (exact) mass is 289 g/mol. The highest BCUT2D eigenvalue weighted by Crippen LogP contribution is 2.36. The van der Waals surface area contributed by atoms with E-state index in [0.29, 0.717) is 6.61 Å². The number of phenols is 1. The highest BCUT2D eigenvalue weighted by molar-refractivity contribution is 6.30. The van der Waals surface area contributed by atoms with E-state index in [9.17, 15) is 5.11 Å². The lowest BCUT2D eigenvalue weighted by atomic mass is 10.0. The van der Waals surface area contributed by atoms with Gasteiger partial charge in [0.2, 0.25) is 0 Å². The molecule has 2 aromatic rings. The topological polar surface area (TPSA) is 41.5 Å². The Labute approximate surface area is 123 Å². The molecule has 4 heteroatoms. The lowest BCUT2D eigenvalue weighted by Crippen LogP contribution is -2.25. The Morgan fingerprint density at radius 1 is 1.25 bits per heavy atom. The number of aromatic hydroxyl groups is 1. The second kappa shape index (κ2) is 5.35. The highest BCUT2D eigenvalue weighted by Gasteiger charge is 2.25. The van der Waals surface area contributed by atoms with Crippen molar-refractivity contribution in [1.29, 1.82) is 0 Å². The van der Waals surface area contributed by atoms with Gasteiger partial charge in [-0.15, -0.1) is 0 Å². The van der Waals surface area contributed by atoms with Crippen LogP contribution in [0.2, 0.25) is 5.02 Å². The Bertz CT molecular complexity index is 612. The maximum atomic E-state index is 9.46. The molecule has 0 radical (unpaired) electrons. The van der Waals surface area contributed by atoms with Crippen LogP contribution in [-0.4, -0.2) is 11.7 Å². The first-order valence-electron chi connectivity index (χ1n) is 6.61. The highest BCUT2D eigenvalue weighted by atomic mass is 35.5. The summed E-state index contributed by atoms with van der Waals surface area (Å²) in [6.07, 6.45) is 0. The first kappa shape index (κ1) is 13.3. The van der Waals surface area contributed by atoms with Crippen LogP contribution in [0, 0.1) is 0 Å². The summed E-state index contributed by atoms with van der Waals surface area (Å²) in [5, 5.41) is 13.7. The van der Waals surface area contributed by atoms with Crippen LogP contribution in [0.3, 0.4) is 0 Å². The quantitative estimate of drug-likeness (QED) is 0.902. The normalized spacial score (nSPS) is 18.4. The van der Waals surface area contributed by atoms with Crippen molar-refractivity contribution in [3.05, 3.63) is 58.6 Å². The molecule has 1 unspecified atom stereocenters. The van der Waals surface area contributed by atoms with Gasteiger partial charge >= 0.3 is 0 Å². The van der Waals surface area contributed by atoms with E-state index < -0.39 is 0 Å². The molecule has 2 N–H and O–H groups in total. The molecule has 1 aliphatic rings. The van der Waals surface area contributed by atoms with Gasteiger partial charge in [0, 0.05) is 22.7 Å². The zero-order chi connectivity index (χ0) is 14.1. The van der Waals surface area contributed by atoms with Crippen molar-refractivity contribution >= 4 is 11.6 Å². The molecule has 0 saturated carbocycles. The van der Waals surface area contributed by atoms with Crippen LogP contribution in [0.25, 0.3) is 0 Å². The molecule has 3 rings (SSSR count). The number of fused-ring (bicyclic) bond motifs is 1. The van der Waals surface area contributed by atoms with Crippen molar-refractivity contribution in [2.45, 2.75) is 19.0 Å². The van der Waals surface area contributed by atoms with Gasteiger partial charge in [-0.2, -0.15) is 0 Å². The fraction of sp³-hybridized carbons (Fsp3) is 0.250. The molecule has 1 heterocycles. The van der Waals surface area contributed by atoms with Crippen LogP contribution in [0.1, 0.15) is 30.1 Å². The van der Waals surface area contributed by atoms with Crippen molar-refractivity contribution in [3.8, 4) is 11.5 Å². The van der Waals surface area contributed by atoms with Crippen molar-refractivity contribution < 1.29 is 9.84 Å². The van der Waals surface area contributed by atoms with Crippen molar-refractivity contribution in [3.63, 3.8) is 0 Å². The van der Waals surface area contributed by atoms with Crippen molar-refractivity contribution in [1.82, 2.24) is 5.32 Å². The zero-order valence-electron chi connectivity index (χ0n) is 11.1. The molecular formula is C16H16ClNO2. The fourth-order valence-corrected chi connectivity index (χ4v) is 2.61. The van der Waals surface area contributed by atoms with Crippen molar-refractivity contribution in [2.24, 2.45) is 0 Å². The molecule has 0 fully saturated rings. The summed E-state index contributed by atoms with van der Waals surface area (Å²) in [6, 6.07) is 13.4. The van der Waals surface area contributed by atoms with Crippen LogP contribution in [0.15, 0.2) is 42.5 Å². The number of hydrogen-bond acceptors (Lipinski definition) is 3. The number of halogens is 1. The van der Waals surface area contributed by atoms with E-state index in [4.69, 9.17) is 16.3 Å². The Balaban J connectivity index is 1.75. The van der Waals surface area contributed by atoms with Crippen molar-refractivity contribution in [2.75, 3.05) is 6.61 Å². The Morgan fingerprint density at radius 2 is 2.00 bits per heavy atom. The maximum absolute atomic E-state index is 9.46. The summed E-state index contributed by atoms with van der Waals surface area (Å²) in [5.74, 6) is 0.987. The van der Waals surface area contributed by atoms with Crippen LogP contribution in [0.4, 0.5) is 0 Å². The standard InChI is InChI=1S/C16H16ClNO2/c1-10(11-2-4-12(17)5-3-11)18-15-9-20-16-8-13(19)6-7-14(15)16/h2-8,10,15,18-19H,9H2,1H3/t10-,15?/m0/s1. The predicted octanol–water partition coefficient (Wildman–Crippen LogP) is 3.83. The summed E-state index contributed by atoms with van der Waals surface area (Å²) in [5.41, 5.74) is 2.27. The first-order chi connectivity index (χ1) is 9.63. The van der Waals surface area contributed by atoms with E-state index in [2.05, 4.69) is 12.2 Å². The van der Waals surface area contributed by atoms with E-state index in [-0.39, 0.29) is 17.8 Å². The van der Waals surface area contributed by atoms with Crippen LogP contribution < -0.4 is 10.1 Å². The van der Waals surface area contributed by atoms with Gasteiger partial charge in [-0.25, -0.2) is 0 Å². The molecule has 20 heavy (non-hydrogen) atoms. The Kier molecular flexibility index (Phi) is 3.55. The van der Waals surface area contributed by atoms with Crippen LogP contribution >= 0.6 is 11.6 Å². The Morgan fingerprint density at radius 3 is 2.75 bits per heavy atom. The lowest BCUT2D eigenvalue weighted by Gasteiger charge is -2.19. The molecule has 0 aliphatic carbocycles. The minimum Gasteiger partial charge on any atom is -0.508 e. The van der Waals surface area contributed by atoms with E-state index in [1.54, 1.807) is 12.1 Å². The van der Waals surface area contributed by atoms with E-state index in [0.717, 1.165) is 16.3 Å². The van der Waals surface area contributed by atoms with Gasteiger partial charge in [-0.1, -0.05) is 23.7 Å². The van der Waals surface area contributed by atoms with Gasteiger partial charge in [0.15, 0.2) is 0 Å².